The van der Waals surface area contributed by atoms with Crippen molar-refractivity contribution >= 4 is 28.5 Å². The SMILES string of the molecule is O=C(O)CC1(NC(=O)c2c[nH]c3ccc([N+](=O)[O-])cc23)CCC1. The monoisotopic (exact) mass is 317 g/mol. The molecule has 2 aromatic rings. The number of benzene rings is 1. The van der Waals surface area contributed by atoms with Gasteiger partial charge in [-0.2, -0.15) is 0 Å². The summed E-state index contributed by atoms with van der Waals surface area (Å²) in [7, 11) is 0. The highest BCUT2D eigenvalue weighted by atomic mass is 16.6. The van der Waals surface area contributed by atoms with Crippen molar-refractivity contribution in [1.29, 1.82) is 0 Å². The lowest BCUT2D eigenvalue weighted by atomic mass is 9.74. The third-order valence-corrected chi connectivity index (χ3v) is 4.30. The van der Waals surface area contributed by atoms with Gasteiger partial charge >= 0.3 is 5.97 Å². The van der Waals surface area contributed by atoms with Crippen LogP contribution >= 0.6 is 0 Å². The van der Waals surface area contributed by atoms with Crippen LogP contribution in [0.15, 0.2) is 24.4 Å². The predicted octanol–water partition coefficient (Wildman–Crippen LogP) is 2.20. The number of carbonyl (C=O) groups is 2. The van der Waals surface area contributed by atoms with Gasteiger partial charge in [-0.25, -0.2) is 0 Å². The van der Waals surface area contributed by atoms with E-state index in [0.717, 1.165) is 6.42 Å². The number of hydrogen-bond acceptors (Lipinski definition) is 4. The van der Waals surface area contributed by atoms with Gasteiger partial charge in [-0.3, -0.25) is 19.7 Å². The van der Waals surface area contributed by atoms with Gasteiger partial charge < -0.3 is 15.4 Å². The van der Waals surface area contributed by atoms with E-state index in [-0.39, 0.29) is 17.7 Å². The van der Waals surface area contributed by atoms with Crippen LogP contribution in [0.3, 0.4) is 0 Å². The fraction of sp³-hybridized carbons (Fsp3) is 0.333. The van der Waals surface area contributed by atoms with Crippen molar-refractivity contribution in [2.45, 2.75) is 31.2 Å². The number of aromatic nitrogens is 1. The van der Waals surface area contributed by atoms with Gasteiger partial charge in [0.05, 0.1) is 22.4 Å². The molecule has 1 aliphatic carbocycles. The molecule has 1 saturated carbocycles. The number of aliphatic carboxylic acids is 1. The van der Waals surface area contributed by atoms with Crippen LogP contribution in [0.4, 0.5) is 5.69 Å². The Kier molecular flexibility index (Phi) is 3.51. The summed E-state index contributed by atoms with van der Waals surface area (Å²) in [6.45, 7) is 0. The average Bonchev–Trinajstić information content (AvgIpc) is 2.87. The lowest BCUT2D eigenvalue weighted by Crippen LogP contribution is -2.54. The van der Waals surface area contributed by atoms with Crippen molar-refractivity contribution in [2.75, 3.05) is 0 Å². The number of nitrogens with one attached hydrogen (secondary N) is 2. The summed E-state index contributed by atoms with van der Waals surface area (Å²) in [6.07, 6.45) is 3.46. The average molecular weight is 317 g/mol. The number of nitro benzene ring substituents is 1. The number of carboxylic acid groups (broad SMARTS) is 1. The molecule has 8 heteroatoms. The number of nitrogens with zero attached hydrogens (tertiary/aromatic N) is 1. The summed E-state index contributed by atoms with van der Waals surface area (Å²) in [5.41, 5.74) is 0.0739. The normalized spacial score (nSPS) is 15.8. The summed E-state index contributed by atoms with van der Waals surface area (Å²) in [4.78, 5) is 36.7. The molecule has 1 aromatic heterocycles. The van der Waals surface area contributed by atoms with Crippen LogP contribution in [0.1, 0.15) is 36.0 Å². The highest BCUT2D eigenvalue weighted by Gasteiger charge is 2.40. The third-order valence-electron chi connectivity index (χ3n) is 4.30. The molecule has 1 aliphatic rings. The van der Waals surface area contributed by atoms with Gasteiger partial charge in [0.2, 0.25) is 0 Å². The molecule has 1 aromatic carbocycles. The first-order valence-electron chi connectivity index (χ1n) is 7.20. The lowest BCUT2D eigenvalue weighted by Gasteiger charge is -2.41. The van der Waals surface area contributed by atoms with Gasteiger partial charge in [0.1, 0.15) is 0 Å². The van der Waals surface area contributed by atoms with Crippen molar-refractivity contribution in [3.05, 3.63) is 40.1 Å². The summed E-state index contributed by atoms with van der Waals surface area (Å²) in [6, 6.07) is 4.24. The molecule has 0 saturated heterocycles. The van der Waals surface area contributed by atoms with E-state index >= 15 is 0 Å². The highest BCUT2D eigenvalue weighted by Crippen LogP contribution is 2.35. The molecule has 0 unspecified atom stereocenters. The van der Waals surface area contributed by atoms with Crippen LogP contribution in [0, 0.1) is 10.1 Å². The molecule has 8 nitrogen and oxygen atoms in total. The number of aromatic amines is 1. The molecule has 3 rings (SSSR count). The molecule has 3 N–H and O–H groups in total. The lowest BCUT2D eigenvalue weighted by molar-refractivity contribution is -0.384. The summed E-state index contributed by atoms with van der Waals surface area (Å²) >= 11 is 0. The number of amides is 1. The van der Waals surface area contributed by atoms with Crippen LogP contribution in [-0.4, -0.2) is 32.4 Å². The van der Waals surface area contributed by atoms with E-state index in [4.69, 9.17) is 5.11 Å². The van der Waals surface area contributed by atoms with E-state index in [0.29, 0.717) is 23.7 Å². The van der Waals surface area contributed by atoms with Crippen molar-refractivity contribution in [3.63, 3.8) is 0 Å². The zero-order valence-electron chi connectivity index (χ0n) is 12.2. The molecular weight excluding hydrogens is 302 g/mol. The summed E-state index contributed by atoms with van der Waals surface area (Å²) in [5.74, 6) is -1.38. The second-order valence-electron chi connectivity index (χ2n) is 5.85. The number of nitro groups is 1. The fourth-order valence-electron chi connectivity index (χ4n) is 2.96. The zero-order valence-corrected chi connectivity index (χ0v) is 12.2. The Hall–Kier alpha value is -2.90. The number of carboxylic acids is 1. The Balaban J connectivity index is 1.90. The Morgan fingerprint density at radius 1 is 1.39 bits per heavy atom. The second-order valence-corrected chi connectivity index (χ2v) is 5.85. The van der Waals surface area contributed by atoms with Gasteiger partial charge in [0, 0.05) is 29.2 Å². The number of rotatable bonds is 5. The largest absolute Gasteiger partial charge is 0.481 e. The zero-order chi connectivity index (χ0) is 16.6. The summed E-state index contributed by atoms with van der Waals surface area (Å²) < 4.78 is 0. The molecule has 1 heterocycles. The minimum Gasteiger partial charge on any atom is -0.481 e. The van der Waals surface area contributed by atoms with E-state index in [1.807, 2.05) is 0 Å². The van der Waals surface area contributed by atoms with Crippen molar-refractivity contribution < 1.29 is 19.6 Å². The van der Waals surface area contributed by atoms with Gasteiger partial charge in [-0.1, -0.05) is 0 Å². The van der Waals surface area contributed by atoms with Crippen LogP contribution in [-0.2, 0) is 4.79 Å². The molecule has 1 amide bonds. The first-order valence-corrected chi connectivity index (χ1v) is 7.20. The number of fused-ring (bicyclic) bond motifs is 1. The topological polar surface area (TPSA) is 125 Å². The molecule has 1 fully saturated rings. The number of H-pyrrole nitrogens is 1. The van der Waals surface area contributed by atoms with Crippen LogP contribution in [0.5, 0.6) is 0 Å². The standard InChI is InChI=1S/C15H15N3O5/c19-13(20)7-15(4-1-5-15)17-14(21)11-8-16-12-3-2-9(18(22)23)6-10(11)12/h2-3,6,8,16H,1,4-5,7H2,(H,17,21)(H,19,20). The van der Waals surface area contributed by atoms with E-state index in [2.05, 4.69) is 10.3 Å². The van der Waals surface area contributed by atoms with Gasteiger partial charge in [-0.15, -0.1) is 0 Å². The number of non-ortho nitro benzene ring substituents is 1. The molecular formula is C15H15N3O5. The predicted molar refractivity (Wildman–Crippen MR) is 81.3 cm³/mol. The van der Waals surface area contributed by atoms with E-state index in [1.54, 1.807) is 6.07 Å². The minimum absolute atomic E-state index is 0.102. The molecule has 23 heavy (non-hydrogen) atoms. The Morgan fingerprint density at radius 2 is 2.13 bits per heavy atom. The maximum atomic E-state index is 12.5. The fourth-order valence-corrected chi connectivity index (χ4v) is 2.96. The van der Waals surface area contributed by atoms with E-state index in [9.17, 15) is 19.7 Å². The smallest absolute Gasteiger partial charge is 0.305 e. The molecule has 0 atom stereocenters. The Bertz CT molecular complexity index is 807. The number of hydrogen-bond donors (Lipinski definition) is 3. The molecule has 0 bridgehead atoms. The Morgan fingerprint density at radius 3 is 2.70 bits per heavy atom. The molecule has 0 aliphatic heterocycles. The maximum Gasteiger partial charge on any atom is 0.305 e. The highest BCUT2D eigenvalue weighted by molar-refractivity contribution is 6.07. The van der Waals surface area contributed by atoms with E-state index in [1.165, 1.54) is 18.3 Å². The number of carbonyl (C=O) groups excluding carboxylic acids is 1. The first-order chi connectivity index (χ1) is 10.9. The van der Waals surface area contributed by atoms with Gasteiger partial charge in [0.15, 0.2) is 0 Å². The third kappa shape index (κ3) is 2.75. The van der Waals surface area contributed by atoms with Crippen molar-refractivity contribution in [2.24, 2.45) is 0 Å². The maximum absolute atomic E-state index is 12.5. The van der Waals surface area contributed by atoms with Crippen LogP contribution < -0.4 is 5.32 Å². The first kappa shape index (κ1) is 15.0. The van der Waals surface area contributed by atoms with Gasteiger partial charge in [0.25, 0.3) is 11.6 Å². The van der Waals surface area contributed by atoms with Crippen molar-refractivity contribution in [3.8, 4) is 0 Å². The summed E-state index contributed by atoms with van der Waals surface area (Å²) in [5, 5.41) is 23.1. The second kappa shape index (κ2) is 5.38. The quantitative estimate of drug-likeness (QED) is 0.576. The Labute approximate surface area is 130 Å². The molecule has 0 spiro atoms. The van der Waals surface area contributed by atoms with Gasteiger partial charge in [-0.05, 0) is 25.3 Å². The van der Waals surface area contributed by atoms with Crippen LogP contribution in [0.25, 0.3) is 10.9 Å². The van der Waals surface area contributed by atoms with Crippen LogP contribution in [0.2, 0.25) is 0 Å². The molecule has 0 radical (unpaired) electrons. The molecule has 120 valence electrons. The van der Waals surface area contributed by atoms with Crippen molar-refractivity contribution in [1.82, 2.24) is 10.3 Å². The minimum atomic E-state index is -0.959. The van der Waals surface area contributed by atoms with E-state index < -0.39 is 22.3 Å².